The highest BCUT2D eigenvalue weighted by atomic mass is 16.6. The van der Waals surface area contributed by atoms with Crippen LogP contribution in [0.3, 0.4) is 0 Å². The summed E-state index contributed by atoms with van der Waals surface area (Å²) in [5, 5.41) is 5.75. The molecule has 0 spiro atoms. The lowest BCUT2D eigenvalue weighted by Crippen LogP contribution is -2.52. The smallest absolute Gasteiger partial charge is 0.242 e. The molecule has 0 bridgehead atoms. The average molecular weight is 446 g/mol. The minimum absolute atomic E-state index is 0.0365. The molecule has 0 aromatic heterocycles. The fourth-order valence-corrected chi connectivity index (χ4v) is 4.27. The third-order valence-electron chi connectivity index (χ3n) is 6.11. The van der Waals surface area contributed by atoms with Crippen LogP contribution in [0.15, 0.2) is 18.2 Å². The SMILES string of the molecule is CC(C)[C@H](NC(=O)[C@@H]1CC(=O)N(c2ccc3c(c2)OCCO3)C1)C(=O)NC[C@@H]1CCCO1. The van der Waals surface area contributed by atoms with E-state index in [1.165, 1.54) is 0 Å². The molecule has 1 aromatic carbocycles. The minimum atomic E-state index is -0.664. The molecule has 174 valence electrons. The zero-order valence-corrected chi connectivity index (χ0v) is 18.6. The third-order valence-corrected chi connectivity index (χ3v) is 6.11. The number of hydrogen-bond donors (Lipinski definition) is 2. The van der Waals surface area contributed by atoms with Gasteiger partial charge in [0.2, 0.25) is 17.7 Å². The van der Waals surface area contributed by atoms with E-state index < -0.39 is 12.0 Å². The standard InChI is InChI=1S/C23H31N3O6/c1-14(2)21(23(29)24-12-17-4-3-7-30-17)25-22(28)15-10-20(27)26(13-15)16-5-6-18-19(11-16)32-9-8-31-18/h5-6,11,14-15,17,21H,3-4,7-10,12-13H2,1-2H3,(H,24,29)(H,25,28)/t15-,17+,21+/m1/s1. The summed E-state index contributed by atoms with van der Waals surface area (Å²) in [5.74, 6) is -0.0173. The maximum atomic E-state index is 12.9. The van der Waals surface area contributed by atoms with Crippen LogP contribution in [-0.2, 0) is 19.1 Å². The van der Waals surface area contributed by atoms with E-state index in [0.29, 0.717) is 36.9 Å². The van der Waals surface area contributed by atoms with Gasteiger partial charge in [-0.2, -0.15) is 0 Å². The van der Waals surface area contributed by atoms with E-state index in [0.717, 1.165) is 19.4 Å². The monoisotopic (exact) mass is 445 g/mol. The van der Waals surface area contributed by atoms with E-state index in [9.17, 15) is 14.4 Å². The molecular weight excluding hydrogens is 414 g/mol. The lowest BCUT2D eigenvalue weighted by molar-refractivity contribution is -0.132. The molecule has 1 aromatic rings. The Labute approximate surface area is 187 Å². The van der Waals surface area contributed by atoms with Crippen molar-refractivity contribution in [2.45, 2.75) is 45.3 Å². The van der Waals surface area contributed by atoms with Crippen LogP contribution in [0.2, 0.25) is 0 Å². The van der Waals surface area contributed by atoms with Crippen molar-refractivity contribution in [3.05, 3.63) is 18.2 Å². The molecule has 0 unspecified atom stereocenters. The highest BCUT2D eigenvalue weighted by Gasteiger charge is 2.37. The first-order valence-electron chi connectivity index (χ1n) is 11.3. The van der Waals surface area contributed by atoms with Gasteiger partial charge < -0.3 is 29.7 Å². The number of benzene rings is 1. The Morgan fingerprint density at radius 1 is 1.16 bits per heavy atom. The van der Waals surface area contributed by atoms with Crippen LogP contribution in [0.4, 0.5) is 5.69 Å². The highest BCUT2D eigenvalue weighted by molar-refractivity contribution is 6.01. The molecule has 3 aliphatic heterocycles. The van der Waals surface area contributed by atoms with E-state index in [2.05, 4.69) is 10.6 Å². The van der Waals surface area contributed by atoms with Gasteiger partial charge in [0.25, 0.3) is 0 Å². The molecule has 0 saturated carbocycles. The normalized spacial score (nSPS) is 23.3. The van der Waals surface area contributed by atoms with Gasteiger partial charge in [-0.05, 0) is 30.9 Å². The molecule has 0 aliphatic carbocycles. The zero-order chi connectivity index (χ0) is 22.7. The lowest BCUT2D eigenvalue weighted by Gasteiger charge is -2.24. The number of nitrogens with one attached hydrogen (secondary N) is 2. The lowest BCUT2D eigenvalue weighted by atomic mass is 10.0. The molecule has 3 aliphatic rings. The van der Waals surface area contributed by atoms with E-state index >= 15 is 0 Å². The minimum Gasteiger partial charge on any atom is -0.486 e. The largest absolute Gasteiger partial charge is 0.486 e. The van der Waals surface area contributed by atoms with Crippen LogP contribution < -0.4 is 25.0 Å². The summed E-state index contributed by atoms with van der Waals surface area (Å²) in [5.41, 5.74) is 0.671. The van der Waals surface area contributed by atoms with Crippen molar-refractivity contribution in [3.63, 3.8) is 0 Å². The summed E-state index contributed by atoms with van der Waals surface area (Å²) in [7, 11) is 0. The van der Waals surface area contributed by atoms with Crippen molar-refractivity contribution < 1.29 is 28.6 Å². The van der Waals surface area contributed by atoms with Crippen molar-refractivity contribution in [1.82, 2.24) is 10.6 Å². The average Bonchev–Trinajstić information content (AvgIpc) is 3.45. The predicted molar refractivity (Wildman–Crippen MR) is 117 cm³/mol. The van der Waals surface area contributed by atoms with Crippen molar-refractivity contribution >= 4 is 23.4 Å². The van der Waals surface area contributed by atoms with Crippen molar-refractivity contribution in [2.75, 3.05) is 37.8 Å². The van der Waals surface area contributed by atoms with E-state index in [4.69, 9.17) is 14.2 Å². The second-order valence-corrected chi connectivity index (χ2v) is 8.84. The second-order valence-electron chi connectivity index (χ2n) is 8.84. The quantitative estimate of drug-likeness (QED) is 0.654. The van der Waals surface area contributed by atoms with Crippen molar-refractivity contribution in [2.24, 2.45) is 11.8 Å². The molecule has 3 atom stereocenters. The van der Waals surface area contributed by atoms with Crippen LogP contribution in [0.1, 0.15) is 33.1 Å². The van der Waals surface area contributed by atoms with Gasteiger partial charge in [-0.3, -0.25) is 14.4 Å². The maximum absolute atomic E-state index is 12.9. The Bertz CT molecular complexity index is 867. The molecule has 0 radical (unpaired) electrons. The Kier molecular flexibility index (Phi) is 6.83. The predicted octanol–water partition coefficient (Wildman–Crippen LogP) is 1.25. The molecule has 32 heavy (non-hydrogen) atoms. The third kappa shape index (κ3) is 4.98. The number of ether oxygens (including phenoxy) is 3. The Morgan fingerprint density at radius 3 is 2.66 bits per heavy atom. The van der Waals surface area contributed by atoms with E-state index in [1.807, 2.05) is 13.8 Å². The number of nitrogens with zero attached hydrogens (tertiary/aromatic N) is 1. The number of carbonyl (C=O) groups is 3. The van der Waals surface area contributed by atoms with Crippen LogP contribution >= 0.6 is 0 Å². The van der Waals surface area contributed by atoms with Crippen LogP contribution in [0, 0.1) is 11.8 Å². The number of anilines is 1. The Morgan fingerprint density at radius 2 is 1.94 bits per heavy atom. The first kappa shape index (κ1) is 22.4. The number of carbonyl (C=O) groups excluding carboxylic acids is 3. The summed E-state index contributed by atoms with van der Waals surface area (Å²) in [6, 6.07) is 4.67. The van der Waals surface area contributed by atoms with Crippen LogP contribution in [0.5, 0.6) is 11.5 Å². The highest BCUT2D eigenvalue weighted by Crippen LogP contribution is 2.36. The van der Waals surface area contributed by atoms with Crippen molar-refractivity contribution in [3.8, 4) is 11.5 Å². The van der Waals surface area contributed by atoms with Gasteiger partial charge in [-0.15, -0.1) is 0 Å². The fraction of sp³-hybridized carbons (Fsp3) is 0.609. The summed E-state index contributed by atoms with van der Waals surface area (Å²) in [6.45, 7) is 6.15. The number of amides is 3. The Balaban J connectivity index is 1.36. The number of fused-ring (bicyclic) bond motifs is 1. The molecule has 3 amide bonds. The summed E-state index contributed by atoms with van der Waals surface area (Å²) in [4.78, 5) is 39.9. The summed E-state index contributed by atoms with van der Waals surface area (Å²) >= 11 is 0. The van der Waals surface area contributed by atoms with Gasteiger partial charge in [-0.25, -0.2) is 0 Å². The van der Waals surface area contributed by atoms with Crippen LogP contribution in [0.25, 0.3) is 0 Å². The number of rotatable bonds is 7. The van der Waals surface area contributed by atoms with Gasteiger partial charge in [0.1, 0.15) is 19.3 Å². The molecule has 3 heterocycles. The van der Waals surface area contributed by atoms with E-state index in [-0.39, 0.29) is 42.7 Å². The first-order chi connectivity index (χ1) is 15.4. The van der Waals surface area contributed by atoms with Gasteiger partial charge in [-0.1, -0.05) is 13.8 Å². The fourth-order valence-electron chi connectivity index (χ4n) is 4.27. The molecule has 4 rings (SSSR count). The van der Waals surface area contributed by atoms with Crippen molar-refractivity contribution in [1.29, 1.82) is 0 Å². The molecule has 2 saturated heterocycles. The molecule has 2 N–H and O–H groups in total. The summed E-state index contributed by atoms with van der Waals surface area (Å²) < 4.78 is 16.7. The van der Waals surface area contributed by atoms with Gasteiger partial charge in [0.15, 0.2) is 11.5 Å². The maximum Gasteiger partial charge on any atom is 0.242 e. The van der Waals surface area contributed by atoms with Gasteiger partial charge in [0.05, 0.1) is 12.0 Å². The number of hydrogen-bond acceptors (Lipinski definition) is 6. The van der Waals surface area contributed by atoms with Gasteiger partial charge in [0, 0.05) is 37.9 Å². The second kappa shape index (κ2) is 9.77. The molecule has 9 heteroatoms. The van der Waals surface area contributed by atoms with Crippen LogP contribution in [-0.4, -0.2) is 62.8 Å². The molecule has 2 fully saturated rings. The topological polar surface area (TPSA) is 106 Å². The first-order valence-corrected chi connectivity index (χ1v) is 11.3. The van der Waals surface area contributed by atoms with Gasteiger partial charge >= 0.3 is 0 Å². The molecular formula is C23H31N3O6. The Hall–Kier alpha value is -2.81. The zero-order valence-electron chi connectivity index (χ0n) is 18.6. The van der Waals surface area contributed by atoms with E-state index in [1.54, 1.807) is 23.1 Å². The summed E-state index contributed by atoms with van der Waals surface area (Å²) in [6.07, 6.45) is 2.07. The molecule has 9 nitrogen and oxygen atoms in total.